The molecule has 0 fully saturated rings. The minimum Gasteiger partial charge on any atom is -0.309 e. The van der Waals surface area contributed by atoms with Crippen LogP contribution in [0.5, 0.6) is 0 Å². The van der Waals surface area contributed by atoms with E-state index in [9.17, 15) is 0 Å². The Labute approximate surface area is 343 Å². The molecule has 0 amide bonds. The van der Waals surface area contributed by atoms with Crippen LogP contribution in [0.4, 0.5) is 17.1 Å². The smallest absolute Gasteiger partial charge is 0.0562 e. The third-order valence-corrected chi connectivity index (χ3v) is 14.0. The Morgan fingerprint density at radius 2 is 0.914 bits per heavy atom. The zero-order chi connectivity index (χ0) is 38.2. The second-order valence-electron chi connectivity index (χ2n) is 14.8. The van der Waals surface area contributed by atoms with E-state index in [1.807, 2.05) is 22.7 Å². The van der Waals surface area contributed by atoms with Gasteiger partial charge in [-0.25, -0.2) is 0 Å². The van der Waals surface area contributed by atoms with E-state index in [1.165, 1.54) is 84.4 Å². The number of nitrogens with zero attached hydrogens (tertiary/aromatic N) is 2. The van der Waals surface area contributed by atoms with Gasteiger partial charge < -0.3 is 9.47 Å². The number of aromatic nitrogens is 1. The van der Waals surface area contributed by atoms with Crippen molar-refractivity contribution in [2.24, 2.45) is 0 Å². The molecule has 3 heterocycles. The number of fused-ring (bicyclic) bond motifs is 9. The summed E-state index contributed by atoms with van der Waals surface area (Å²) in [6.45, 7) is 0. The van der Waals surface area contributed by atoms with Crippen molar-refractivity contribution < 1.29 is 0 Å². The van der Waals surface area contributed by atoms with E-state index >= 15 is 0 Å². The van der Waals surface area contributed by atoms with Crippen LogP contribution in [0.2, 0.25) is 0 Å². The molecule has 0 radical (unpaired) electrons. The van der Waals surface area contributed by atoms with Crippen LogP contribution in [-0.2, 0) is 0 Å². The van der Waals surface area contributed by atoms with Crippen molar-refractivity contribution >= 4 is 102 Å². The van der Waals surface area contributed by atoms with Gasteiger partial charge in [0.2, 0.25) is 0 Å². The summed E-state index contributed by atoms with van der Waals surface area (Å²) in [4.78, 5) is 2.51. The second kappa shape index (κ2) is 13.3. The van der Waals surface area contributed by atoms with E-state index in [0.717, 1.165) is 22.7 Å². The average Bonchev–Trinajstić information content (AvgIpc) is 3.97. The van der Waals surface area contributed by atoms with Gasteiger partial charge in [0.15, 0.2) is 0 Å². The molecule has 4 heteroatoms. The van der Waals surface area contributed by atoms with Crippen LogP contribution >= 0.6 is 22.7 Å². The minimum atomic E-state index is 1.11. The van der Waals surface area contributed by atoms with Crippen molar-refractivity contribution in [1.82, 2.24) is 4.57 Å². The summed E-state index contributed by atoms with van der Waals surface area (Å²) in [5, 5.41) is 7.65. The molecule has 12 rings (SSSR count). The van der Waals surface area contributed by atoms with Gasteiger partial charge in [-0.1, -0.05) is 146 Å². The van der Waals surface area contributed by atoms with Gasteiger partial charge in [0, 0.05) is 73.6 Å². The van der Waals surface area contributed by atoms with Crippen molar-refractivity contribution in [1.29, 1.82) is 0 Å². The Hall–Kier alpha value is -6.98. The SMILES string of the molecule is c1ccc(N(c2cc(-c3cccc4c3sc3ccccc34)ccc2-c2cccc3c2sc2ccccc23)c2cccc3c2c2ccccc2n3-c2ccccc2)cc1. The Balaban J connectivity index is 1.20. The number of hydrogen-bond acceptors (Lipinski definition) is 3. The summed E-state index contributed by atoms with van der Waals surface area (Å²) >= 11 is 3.77. The van der Waals surface area contributed by atoms with Gasteiger partial charge in [-0.15, -0.1) is 22.7 Å². The molecule has 0 aliphatic heterocycles. The van der Waals surface area contributed by atoms with Gasteiger partial charge >= 0.3 is 0 Å². The second-order valence-corrected chi connectivity index (χ2v) is 16.9. The van der Waals surface area contributed by atoms with Crippen LogP contribution in [-0.4, -0.2) is 4.57 Å². The fourth-order valence-corrected chi connectivity index (χ4v) is 11.5. The summed E-state index contributed by atoms with van der Waals surface area (Å²) in [6.07, 6.45) is 0. The number of rotatable bonds is 6. The van der Waals surface area contributed by atoms with E-state index in [4.69, 9.17) is 0 Å². The predicted octanol–water partition coefficient (Wildman–Crippen LogP) is 16.3. The van der Waals surface area contributed by atoms with Crippen molar-refractivity contribution in [3.8, 4) is 27.9 Å². The van der Waals surface area contributed by atoms with E-state index in [1.54, 1.807) is 0 Å². The molecular formula is C54H34N2S2. The maximum Gasteiger partial charge on any atom is 0.0562 e. The number of hydrogen-bond donors (Lipinski definition) is 0. The number of anilines is 3. The number of thiophene rings is 2. The Morgan fingerprint density at radius 1 is 0.362 bits per heavy atom. The summed E-state index contributed by atoms with van der Waals surface area (Å²) in [7, 11) is 0. The van der Waals surface area contributed by atoms with Crippen LogP contribution in [0.15, 0.2) is 206 Å². The molecule has 0 bridgehead atoms. The first-order valence-corrected chi connectivity index (χ1v) is 21.3. The molecule has 0 saturated carbocycles. The summed E-state index contributed by atoms with van der Waals surface area (Å²) in [5.41, 5.74) is 11.7. The molecule has 0 saturated heterocycles. The number of para-hydroxylation sites is 3. The molecule has 0 aliphatic carbocycles. The highest BCUT2D eigenvalue weighted by Crippen LogP contribution is 2.50. The molecule has 0 spiro atoms. The maximum atomic E-state index is 2.51. The Bertz CT molecular complexity index is 3520. The summed E-state index contributed by atoms with van der Waals surface area (Å²) < 4.78 is 7.64. The van der Waals surface area contributed by atoms with Crippen molar-refractivity contribution in [2.45, 2.75) is 0 Å². The van der Waals surface area contributed by atoms with E-state index in [-0.39, 0.29) is 0 Å². The van der Waals surface area contributed by atoms with Gasteiger partial charge in [0.05, 0.1) is 22.4 Å². The first-order valence-electron chi connectivity index (χ1n) is 19.7. The molecule has 9 aromatic carbocycles. The molecule has 0 unspecified atom stereocenters. The van der Waals surface area contributed by atoms with Crippen LogP contribution in [0.1, 0.15) is 0 Å². The predicted molar refractivity (Wildman–Crippen MR) is 252 cm³/mol. The van der Waals surface area contributed by atoms with Crippen molar-refractivity contribution in [2.75, 3.05) is 4.90 Å². The molecule has 0 aliphatic rings. The molecule has 58 heavy (non-hydrogen) atoms. The summed E-state index contributed by atoms with van der Waals surface area (Å²) in [5.74, 6) is 0. The highest BCUT2D eigenvalue weighted by atomic mass is 32.1. The maximum absolute atomic E-state index is 2.51. The molecule has 3 aromatic heterocycles. The van der Waals surface area contributed by atoms with Crippen molar-refractivity contribution in [3.63, 3.8) is 0 Å². The van der Waals surface area contributed by atoms with Crippen LogP contribution in [0.3, 0.4) is 0 Å². The van der Waals surface area contributed by atoms with Crippen LogP contribution in [0.25, 0.3) is 90.1 Å². The zero-order valence-corrected chi connectivity index (χ0v) is 33.0. The molecule has 272 valence electrons. The molecule has 12 aromatic rings. The minimum absolute atomic E-state index is 1.11. The molecule has 0 N–H and O–H groups in total. The lowest BCUT2D eigenvalue weighted by Crippen LogP contribution is -2.12. The monoisotopic (exact) mass is 774 g/mol. The third-order valence-electron chi connectivity index (χ3n) is 11.6. The lowest BCUT2D eigenvalue weighted by Gasteiger charge is -2.29. The highest BCUT2D eigenvalue weighted by molar-refractivity contribution is 7.26. The highest BCUT2D eigenvalue weighted by Gasteiger charge is 2.25. The largest absolute Gasteiger partial charge is 0.309 e. The Kier molecular flexibility index (Phi) is 7.62. The fraction of sp³-hybridized carbons (Fsp3) is 0. The summed E-state index contributed by atoms with van der Waals surface area (Å²) in [6, 6.07) is 75.7. The van der Waals surface area contributed by atoms with Gasteiger partial charge in [-0.2, -0.15) is 0 Å². The van der Waals surface area contributed by atoms with Crippen LogP contribution in [0, 0.1) is 0 Å². The first-order chi connectivity index (χ1) is 28.8. The quantitative estimate of drug-likeness (QED) is 0.163. The van der Waals surface area contributed by atoms with E-state index in [0.29, 0.717) is 0 Å². The Morgan fingerprint density at radius 3 is 1.64 bits per heavy atom. The normalized spacial score (nSPS) is 11.8. The average molecular weight is 775 g/mol. The lowest BCUT2D eigenvalue weighted by molar-refractivity contribution is 1.18. The number of benzene rings is 9. The van der Waals surface area contributed by atoms with E-state index in [2.05, 4.69) is 216 Å². The van der Waals surface area contributed by atoms with Crippen molar-refractivity contribution in [3.05, 3.63) is 206 Å². The molecule has 2 nitrogen and oxygen atoms in total. The van der Waals surface area contributed by atoms with Gasteiger partial charge in [-0.3, -0.25) is 0 Å². The van der Waals surface area contributed by atoms with Crippen LogP contribution < -0.4 is 4.90 Å². The third kappa shape index (κ3) is 5.09. The topological polar surface area (TPSA) is 8.17 Å². The molecule has 0 atom stereocenters. The van der Waals surface area contributed by atoms with Gasteiger partial charge in [-0.05, 0) is 71.8 Å². The lowest BCUT2D eigenvalue weighted by atomic mass is 9.95. The standard InChI is InChI=1S/C54H34N2S2/c1-3-16-36(17-4-1)55-46-27-10-7-22-45(46)52-47(55)28-15-29-48(52)56(37-18-5-2-6-19-37)49-34-35(38-23-13-25-43-40-20-8-11-30-50(40)57-53(38)43)32-33-39(49)42-24-14-26-44-41-21-9-12-31-51(41)58-54(42)44/h1-34H. The van der Waals surface area contributed by atoms with Gasteiger partial charge in [0.25, 0.3) is 0 Å². The van der Waals surface area contributed by atoms with Gasteiger partial charge in [0.1, 0.15) is 0 Å². The first kappa shape index (κ1) is 33.2. The fourth-order valence-electron chi connectivity index (χ4n) is 9.07. The molecular weight excluding hydrogens is 741 g/mol. The zero-order valence-electron chi connectivity index (χ0n) is 31.3. The van der Waals surface area contributed by atoms with E-state index < -0.39 is 0 Å².